The fourth-order valence-electron chi connectivity index (χ4n) is 2.74. The van der Waals surface area contributed by atoms with E-state index in [-0.39, 0.29) is 18.5 Å². The van der Waals surface area contributed by atoms with Gasteiger partial charge in [0.05, 0.1) is 16.6 Å². The number of nitrogens with one attached hydrogen (secondary N) is 1. The molecule has 0 atom stereocenters. The monoisotopic (exact) mass is 467 g/mol. The van der Waals surface area contributed by atoms with Gasteiger partial charge in [0.1, 0.15) is 5.75 Å². The number of ether oxygens (including phenoxy) is 2. The molecule has 0 aliphatic heterocycles. The van der Waals surface area contributed by atoms with E-state index in [4.69, 9.17) is 9.47 Å². The number of hydrogen-bond acceptors (Lipinski definition) is 4. The fraction of sp³-hybridized carbons (Fsp3) is 0.167. The van der Waals surface area contributed by atoms with Gasteiger partial charge >= 0.3 is 5.97 Å². The first-order chi connectivity index (χ1) is 14.6. The molecular formula is C24H22BrNO4. The molecule has 0 aliphatic rings. The molecule has 6 heteroatoms. The summed E-state index contributed by atoms with van der Waals surface area (Å²) in [5.74, 6) is -0.0870. The Labute approximate surface area is 184 Å². The second kappa shape index (κ2) is 10.6. The molecule has 5 nitrogen and oxygen atoms in total. The van der Waals surface area contributed by atoms with Crippen molar-refractivity contribution in [1.29, 1.82) is 0 Å². The summed E-state index contributed by atoms with van der Waals surface area (Å²) < 4.78 is 11.5. The molecule has 0 unspecified atom stereocenters. The molecule has 0 heterocycles. The first-order valence-corrected chi connectivity index (χ1v) is 10.4. The van der Waals surface area contributed by atoms with Crippen molar-refractivity contribution in [3.05, 3.63) is 82.8 Å². The Hall–Kier alpha value is -3.12. The van der Waals surface area contributed by atoms with Gasteiger partial charge in [-0.25, -0.2) is 4.79 Å². The van der Waals surface area contributed by atoms with E-state index in [1.54, 1.807) is 24.3 Å². The summed E-state index contributed by atoms with van der Waals surface area (Å²) in [5.41, 5.74) is 3.18. The van der Waals surface area contributed by atoms with Crippen LogP contribution < -0.4 is 10.1 Å². The second-order valence-corrected chi connectivity index (χ2v) is 7.42. The summed E-state index contributed by atoms with van der Waals surface area (Å²) in [4.78, 5) is 24.0. The van der Waals surface area contributed by atoms with E-state index in [1.165, 1.54) is 0 Å². The molecule has 1 amide bonds. The third-order valence-corrected chi connectivity index (χ3v) is 4.86. The zero-order chi connectivity index (χ0) is 21.3. The quantitative estimate of drug-likeness (QED) is 0.431. The SMILES string of the molecule is CCCOC(=O)c1ccc(NC(=O)COc2ccc(-c3ccccc3)cc2Br)cc1. The molecule has 1 N–H and O–H groups in total. The highest BCUT2D eigenvalue weighted by Gasteiger charge is 2.10. The number of carbonyl (C=O) groups excluding carboxylic acids is 2. The average Bonchev–Trinajstić information content (AvgIpc) is 2.77. The van der Waals surface area contributed by atoms with Crippen molar-refractivity contribution in [2.24, 2.45) is 0 Å². The zero-order valence-corrected chi connectivity index (χ0v) is 18.1. The smallest absolute Gasteiger partial charge is 0.338 e. The summed E-state index contributed by atoms with van der Waals surface area (Å²) in [7, 11) is 0. The van der Waals surface area contributed by atoms with E-state index < -0.39 is 0 Å². The van der Waals surface area contributed by atoms with Crippen LogP contribution in [0.5, 0.6) is 5.75 Å². The van der Waals surface area contributed by atoms with Gasteiger partial charge in [0.15, 0.2) is 6.61 Å². The van der Waals surface area contributed by atoms with Gasteiger partial charge in [-0.2, -0.15) is 0 Å². The van der Waals surface area contributed by atoms with E-state index in [9.17, 15) is 9.59 Å². The van der Waals surface area contributed by atoms with Crippen LogP contribution in [0, 0.1) is 0 Å². The summed E-state index contributed by atoms with van der Waals surface area (Å²) in [6.07, 6.45) is 0.769. The zero-order valence-electron chi connectivity index (χ0n) is 16.6. The minimum absolute atomic E-state index is 0.135. The fourth-order valence-corrected chi connectivity index (χ4v) is 3.23. The van der Waals surface area contributed by atoms with E-state index in [0.717, 1.165) is 22.0 Å². The van der Waals surface area contributed by atoms with Gasteiger partial charge in [-0.1, -0.05) is 43.3 Å². The van der Waals surface area contributed by atoms with Crippen LogP contribution in [0.1, 0.15) is 23.7 Å². The molecule has 3 aromatic carbocycles. The lowest BCUT2D eigenvalue weighted by molar-refractivity contribution is -0.118. The lowest BCUT2D eigenvalue weighted by Gasteiger charge is -2.11. The Morgan fingerprint density at radius 3 is 2.33 bits per heavy atom. The highest BCUT2D eigenvalue weighted by Crippen LogP contribution is 2.30. The normalized spacial score (nSPS) is 10.3. The Bertz CT molecular complexity index is 1000. The molecule has 0 spiro atoms. The van der Waals surface area contributed by atoms with Gasteiger partial charge in [0.25, 0.3) is 5.91 Å². The van der Waals surface area contributed by atoms with Crippen LogP contribution in [0.15, 0.2) is 77.3 Å². The largest absolute Gasteiger partial charge is 0.483 e. The van der Waals surface area contributed by atoms with Gasteiger partial charge < -0.3 is 14.8 Å². The molecular weight excluding hydrogens is 446 g/mol. The first-order valence-electron chi connectivity index (χ1n) is 9.61. The van der Waals surface area contributed by atoms with Gasteiger partial charge in [-0.15, -0.1) is 0 Å². The average molecular weight is 468 g/mol. The van der Waals surface area contributed by atoms with E-state index in [2.05, 4.69) is 21.2 Å². The number of halogens is 1. The lowest BCUT2D eigenvalue weighted by Crippen LogP contribution is -2.20. The van der Waals surface area contributed by atoms with Crippen molar-refractivity contribution in [3.8, 4) is 16.9 Å². The predicted molar refractivity (Wildman–Crippen MR) is 121 cm³/mol. The minimum atomic E-state index is -0.373. The van der Waals surface area contributed by atoms with Gasteiger partial charge in [0, 0.05) is 5.69 Å². The van der Waals surface area contributed by atoms with Crippen molar-refractivity contribution < 1.29 is 19.1 Å². The third-order valence-electron chi connectivity index (χ3n) is 4.24. The number of amides is 1. The minimum Gasteiger partial charge on any atom is -0.483 e. The number of esters is 1. The Morgan fingerprint density at radius 2 is 1.67 bits per heavy atom. The van der Waals surface area contributed by atoms with Crippen LogP contribution in [0.25, 0.3) is 11.1 Å². The number of hydrogen-bond donors (Lipinski definition) is 1. The topological polar surface area (TPSA) is 64.6 Å². The second-order valence-electron chi connectivity index (χ2n) is 6.56. The summed E-state index contributed by atoms with van der Waals surface area (Å²) in [5, 5.41) is 2.75. The van der Waals surface area contributed by atoms with Crippen LogP contribution >= 0.6 is 15.9 Å². The molecule has 0 fully saturated rings. The van der Waals surface area contributed by atoms with Crippen molar-refractivity contribution in [1.82, 2.24) is 0 Å². The van der Waals surface area contributed by atoms with Crippen molar-refractivity contribution in [2.45, 2.75) is 13.3 Å². The number of anilines is 1. The van der Waals surface area contributed by atoms with Crippen molar-refractivity contribution in [2.75, 3.05) is 18.5 Å². The number of benzene rings is 3. The maximum absolute atomic E-state index is 12.2. The predicted octanol–water partition coefficient (Wildman–Crippen LogP) is 5.70. The van der Waals surface area contributed by atoms with Crippen molar-refractivity contribution in [3.63, 3.8) is 0 Å². The van der Waals surface area contributed by atoms with Crippen LogP contribution in [-0.4, -0.2) is 25.1 Å². The van der Waals surface area contributed by atoms with Gasteiger partial charge in [0.2, 0.25) is 0 Å². The lowest BCUT2D eigenvalue weighted by atomic mass is 10.1. The highest BCUT2D eigenvalue weighted by molar-refractivity contribution is 9.10. The molecule has 0 saturated heterocycles. The first kappa shape index (κ1) is 21.6. The van der Waals surface area contributed by atoms with Crippen molar-refractivity contribution >= 4 is 33.5 Å². The molecule has 0 aliphatic carbocycles. The molecule has 30 heavy (non-hydrogen) atoms. The molecule has 3 aromatic rings. The Balaban J connectivity index is 1.54. The molecule has 0 saturated carbocycles. The van der Waals surface area contributed by atoms with E-state index >= 15 is 0 Å². The maximum atomic E-state index is 12.2. The van der Waals surface area contributed by atoms with E-state index in [1.807, 2.05) is 55.5 Å². The Morgan fingerprint density at radius 1 is 0.933 bits per heavy atom. The van der Waals surface area contributed by atoms with Gasteiger partial charge in [-0.3, -0.25) is 4.79 Å². The molecule has 0 aromatic heterocycles. The van der Waals surface area contributed by atoms with Crippen LogP contribution in [0.2, 0.25) is 0 Å². The molecule has 3 rings (SSSR count). The third kappa shape index (κ3) is 5.94. The Kier molecular flexibility index (Phi) is 7.63. The standard InChI is InChI=1S/C24H22BrNO4/c1-2-14-29-24(28)18-8-11-20(12-9-18)26-23(27)16-30-22-13-10-19(15-21(22)25)17-6-4-3-5-7-17/h3-13,15H,2,14,16H2,1H3,(H,26,27). The molecule has 0 radical (unpaired) electrons. The van der Waals surface area contributed by atoms with Crippen LogP contribution in [0.4, 0.5) is 5.69 Å². The molecule has 154 valence electrons. The van der Waals surface area contributed by atoms with Crippen LogP contribution in [-0.2, 0) is 9.53 Å². The summed E-state index contributed by atoms with van der Waals surface area (Å²) in [6, 6.07) is 22.3. The van der Waals surface area contributed by atoms with Gasteiger partial charge in [-0.05, 0) is 69.9 Å². The van der Waals surface area contributed by atoms with Crippen LogP contribution in [0.3, 0.4) is 0 Å². The van der Waals surface area contributed by atoms with E-state index in [0.29, 0.717) is 23.6 Å². The number of rotatable bonds is 8. The number of carbonyl (C=O) groups is 2. The maximum Gasteiger partial charge on any atom is 0.338 e. The molecule has 0 bridgehead atoms. The summed E-state index contributed by atoms with van der Waals surface area (Å²) in [6.45, 7) is 2.18. The highest BCUT2D eigenvalue weighted by atomic mass is 79.9. The summed E-state index contributed by atoms with van der Waals surface area (Å²) >= 11 is 3.50.